The van der Waals surface area contributed by atoms with Gasteiger partial charge in [0.25, 0.3) is 0 Å². The van der Waals surface area contributed by atoms with Gasteiger partial charge < -0.3 is 9.47 Å². The summed E-state index contributed by atoms with van der Waals surface area (Å²) in [5, 5.41) is 3.52. The monoisotopic (exact) mass is 371 g/mol. The third kappa shape index (κ3) is 7.56. The molecule has 4 nitrogen and oxygen atoms in total. The fourth-order valence-electron chi connectivity index (χ4n) is 3.24. The van der Waals surface area contributed by atoms with Crippen LogP contribution in [-0.4, -0.2) is 54.5 Å². The van der Waals surface area contributed by atoms with Gasteiger partial charge in [0, 0.05) is 13.5 Å². The molecule has 2 unspecified atom stereocenters. The first-order valence-corrected chi connectivity index (χ1v) is 10.2. The van der Waals surface area contributed by atoms with Crippen molar-refractivity contribution in [1.29, 1.82) is 0 Å². The van der Waals surface area contributed by atoms with Crippen molar-refractivity contribution in [3.05, 3.63) is 0 Å². The van der Waals surface area contributed by atoms with Gasteiger partial charge in [0.1, 0.15) is 11.1 Å². The molecule has 0 aromatic rings. The van der Waals surface area contributed by atoms with Crippen LogP contribution in [0.1, 0.15) is 82.1 Å². The van der Waals surface area contributed by atoms with Gasteiger partial charge in [-0.05, 0) is 66.7 Å². The first-order valence-electron chi connectivity index (χ1n) is 10.2. The van der Waals surface area contributed by atoms with E-state index in [1.165, 1.54) is 6.42 Å². The van der Waals surface area contributed by atoms with Crippen molar-refractivity contribution in [2.75, 3.05) is 20.7 Å². The first-order chi connectivity index (χ1) is 11.7. The lowest BCUT2D eigenvalue weighted by molar-refractivity contribution is -0.596. The van der Waals surface area contributed by atoms with Gasteiger partial charge in [-0.1, -0.05) is 20.8 Å². The maximum absolute atomic E-state index is 6.48. The topological polar surface area (TPSA) is 33.5 Å². The molecule has 0 heterocycles. The lowest BCUT2D eigenvalue weighted by atomic mass is 9.84. The lowest BCUT2D eigenvalue weighted by Gasteiger charge is -2.42. The zero-order chi connectivity index (χ0) is 20.8. The summed E-state index contributed by atoms with van der Waals surface area (Å²) < 4.78 is 14.3. The highest BCUT2D eigenvalue weighted by Gasteiger charge is 2.44. The minimum Gasteiger partial charge on any atom is -0.379 e. The summed E-state index contributed by atoms with van der Waals surface area (Å²) in [4.78, 5) is 0. The molecule has 0 aliphatic heterocycles. The normalized spacial score (nSPS) is 16.7. The second-order valence-electron chi connectivity index (χ2n) is 9.73. The number of nitrogens with one attached hydrogen (secondary N) is 1. The molecule has 0 saturated carbocycles. The summed E-state index contributed by atoms with van der Waals surface area (Å²) in [6.45, 7) is 23.0. The molecule has 0 aromatic heterocycles. The van der Waals surface area contributed by atoms with Crippen LogP contribution in [0.3, 0.4) is 0 Å². The first kappa shape index (κ1) is 25.4. The van der Waals surface area contributed by atoms with E-state index in [1.54, 1.807) is 7.11 Å². The summed E-state index contributed by atoms with van der Waals surface area (Å²) in [7, 11) is 3.88. The van der Waals surface area contributed by atoms with Crippen LogP contribution in [0.25, 0.3) is 0 Å². The van der Waals surface area contributed by atoms with Gasteiger partial charge in [-0.3, -0.25) is 9.89 Å². The Bertz CT molecular complexity index is 439. The molecule has 0 radical (unpaired) electrons. The average molecular weight is 372 g/mol. The second-order valence-corrected chi connectivity index (χ2v) is 9.73. The van der Waals surface area contributed by atoms with Crippen LogP contribution in [-0.2, 0) is 9.47 Å². The van der Waals surface area contributed by atoms with Crippen LogP contribution in [0.15, 0.2) is 0 Å². The molecule has 0 saturated heterocycles. The van der Waals surface area contributed by atoms with Crippen molar-refractivity contribution in [2.24, 2.45) is 11.8 Å². The number of hydrogen-bond donors (Lipinski definition) is 1. The van der Waals surface area contributed by atoms with Gasteiger partial charge >= 0.3 is 0 Å². The number of ether oxygens (including phenoxy) is 2. The van der Waals surface area contributed by atoms with Gasteiger partial charge in [-0.2, -0.15) is 0 Å². The van der Waals surface area contributed by atoms with E-state index in [2.05, 4.69) is 92.5 Å². The van der Waals surface area contributed by atoms with E-state index in [9.17, 15) is 0 Å². The van der Waals surface area contributed by atoms with Crippen LogP contribution in [0.5, 0.6) is 0 Å². The molecule has 2 atom stereocenters. The Hall–Kier alpha value is -0.610. The Morgan fingerprint density at radius 3 is 2.00 bits per heavy atom. The van der Waals surface area contributed by atoms with E-state index in [4.69, 9.17) is 9.47 Å². The predicted octanol–water partition coefficient (Wildman–Crippen LogP) is 4.71. The van der Waals surface area contributed by atoms with E-state index in [-0.39, 0.29) is 22.8 Å². The van der Waals surface area contributed by atoms with E-state index >= 15 is 0 Å². The molecule has 0 bridgehead atoms. The van der Waals surface area contributed by atoms with Crippen LogP contribution < -0.4 is 5.32 Å². The smallest absolute Gasteiger partial charge is 0.232 e. The van der Waals surface area contributed by atoms with Crippen molar-refractivity contribution < 1.29 is 14.0 Å². The molecule has 0 spiro atoms. The summed E-state index contributed by atoms with van der Waals surface area (Å²) in [5.41, 5.74) is -0.651. The Morgan fingerprint density at radius 1 is 1.04 bits per heavy atom. The molecular weight excluding hydrogens is 324 g/mol. The molecule has 156 valence electrons. The maximum Gasteiger partial charge on any atom is 0.232 e. The Kier molecular flexibility index (Phi) is 9.84. The molecule has 0 aromatic carbocycles. The highest BCUT2D eigenvalue weighted by Crippen LogP contribution is 2.31. The number of likely N-dealkylation sites (N-methyl/N-ethyl adjacent to an activating group) is 1. The fraction of sp³-hybridized carbons (Fsp3) is 0.955. The summed E-state index contributed by atoms with van der Waals surface area (Å²) >= 11 is 0. The van der Waals surface area contributed by atoms with E-state index in [0.717, 1.165) is 13.0 Å². The summed E-state index contributed by atoms with van der Waals surface area (Å²) in [6.07, 6.45) is 4.29. The van der Waals surface area contributed by atoms with Gasteiger partial charge in [0.2, 0.25) is 6.34 Å². The number of hydrogen-bond acceptors (Lipinski definition) is 2. The van der Waals surface area contributed by atoms with Gasteiger partial charge in [0.05, 0.1) is 25.3 Å². The van der Waals surface area contributed by atoms with Crippen molar-refractivity contribution in [3.63, 3.8) is 0 Å². The van der Waals surface area contributed by atoms with E-state index < -0.39 is 0 Å². The predicted molar refractivity (Wildman–Crippen MR) is 113 cm³/mol. The van der Waals surface area contributed by atoms with Crippen molar-refractivity contribution >= 4 is 6.34 Å². The van der Waals surface area contributed by atoms with Gasteiger partial charge in [0.15, 0.2) is 0 Å². The lowest BCUT2D eigenvalue weighted by Crippen LogP contribution is -2.56. The van der Waals surface area contributed by atoms with Crippen LogP contribution in [0, 0.1) is 11.8 Å². The molecule has 0 fully saturated rings. The van der Waals surface area contributed by atoms with Crippen molar-refractivity contribution in [3.8, 4) is 0 Å². The highest BCUT2D eigenvalue weighted by atomic mass is 16.5. The maximum atomic E-state index is 6.48. The van der Waals surface area contributed by atoms with Gasteiger partial charge in [-0.15, -0.1) is 0 Å². The summed E-state index contributed by atoms with van der Waals surface area (Å²) in [5.74, 6) is 1.40. The van der Waals surface area contributed by atoms with Crippen molar-refractivity contribution in [2.45, 2.75) is 105 Å². The van der Waals surface area contributed by atoms with E-state index in [1.807, 2.05) is 0 Å². The average Bonchev–Trinajstić information content (AvgIpc) is 2.49. The standard InChI is InChI=1S/C22H46N2O2/c1-13-19(17(2)3)15-23-16-24(11)21(7,8)22(9,10)26-18(4)14-20(5,6)25-12/h16-19H,13-15H2,1-12H3/p+1. The second kappa shape index (κ2) is 10.1. The number of rotatable bonds is 12. The van der Waals surface area contributed by atoms with Crippen LogP contribution >= 0.6 is 0 Å². The Balaban J connectivity index is 4.99. The molecule has 4 heteroatoms. The fourth-order valence-corrected chi connectivity index (χ4v) is 3.24. The van der Waals surface area contributed by atoms with Gasteiger partial charge in [-0.25, -0.2) is 0 Å². The number of nitrogens with zero attached hydrogens (tertiary/aromatic N) is 1. The zero-order valence-electron chi connectivity index (χ0n) is 19.7. The third-order valence-corrected chi connectivity index (χ3v) is 6.31. The summed E-state index contributed by atoms with van der Waals surface area (Å²) in [6, 6.07) is 0. The number of methoxy groups -OCH3 is 1. The van der Waals surface area contributed by atoms with Crippen LogP contribution in [0.2, 0.25) is 0 Å². The third-order valence-electron chi connectivity index (χ3n) is 6.31. The minimum atomic E-state index is -0.314. The van der Waals surface area contributed by atoms with Crippen molar-refractivity contribution in [1.82, 2.24) is 5.32 Å². The van der Waals surface area contributed by atoms with Crippen LogP contribution in [0.4, 0.5) is 0 Å². The zero-order valence-corrected chi connectivity index (χ0v) is 19.7. The molecular formula is C22H47N2O2+. The molecule has 0 aliphatic carbocycles. The Labute approximate surface area is 163 Å². The molecule has 0 amide bonds. The molecule has 26 heavy (non-hydrogen) atoms. The highest BCUT2D eigenvalue weighted by molar-refractivity contribution is 5.48. The molecule has 0 aliphatic rings. The minimum absolute atomic E-state index is 0.117. The molecule has 0 rings (SSSR count). The largest absolute Gasteiger partial charge is 0.379 e. The molecule has 1 N–H and O–H groups in total. The van der Waals surface area contributed by atoms with E-state index in [0.29, 0.717) is 11.8 Å². The SMILES string of the molecule is CCC(CNC=[N+](C)C(C)(C)C(C)(C)OC(C)CC(C)(C)OC)C(C)C. The quantitative estimate of drug-likeness (QED) is 0.306. The Morgan fingerprint density at radius 2 is 1.58 bits per heavy atom.